The van der Waals surface area contributed by atoms with Gasteiger partial charge in [0.2, 0.25) is 0 Å². The molecule has 0 radical (unpaired) electrons. The monoisotopic (exact) mass is 339 g/mol. The van der Waals surface area contributed by atoms with Gasteiger partial charge in [-0.15, -0.1) is 0 Å². The van der Waals surface area contributed by atoms with Crippen molar-refractivity contribution < 1.29 is 9.47 Å². The summed E-state index contributed by atoms with van der Waals surface area (Å²) < 4.78 is 11.6. The van der Waals surface area contributed by atoms with Crippen LogP contribution in [0.25, 0.3) is 0 Å². The Morgan fingerprint density at radius 1 is 1.30 bits per heavy atom. The summed E-state index contributed by atoms with van der Waals surface area (Å²) in [6.07, 6.45) is 6.47. The van der Waals surface area contributed by atoms with Crippen LogP contribution in [0.1, 0.15) is 39.0 Å². The van der Waals surface area contributed by atoms with Crippen LogP contribution in [0.3, 0.4) is 0 Å². The number of methoxy groups -OCH3 is 1. The summed E-state index contributed by atoms with van der Waals surface area (Å²) in [7, 11) is 1.84. The number of nitrogens with zero attached hydrogens (tertiary/aromatic N) is 1. The Morgan fingerprint density at radius 2 is 2.17 bits per heavy atom. The van der Waals surface area contributed by atoms with Gasteiger partial charge in [-0.05, 0) is 56.5 Å². The zero-order chi connectivity index (χ0) is 16.5. The summed E-state index contributed by atoms with van der Waals surface area (Å²) >= 11 is 5.98. The van der Waals surface area contributed by atoms with Crippen molar-refractivity contribution in [3.63, 3.8) is 0 Å². The fraction of sp³-hybridized carbons (Fsp3) is 0.684. The molecule has 0 saturated carbocycles. The number of rotatable bonds is 9. The minimum Gasteiger partial charge on any atom is -0.494 e. The van der Waals surface area contributed by atoms with E-state index in [9.17, 15) is 0 Å². The second kappa shape index (κ2) is 10.2. The van der Waals surface area contributed by atoms with Crippen LogP contribution in [0.5, 0.6) is 5.75 Å². The van der Waals surface area contributed by atoms with Crippen LogP contribution in [0.15, 0.2) is 24.3 Å². The summed E-state index contributed by atoms with van der Waals surface area (Å²) in [6, 6.07) is 7.61. The highest BCUT2D eigenvalue weighted by molar-refractivity contribution is 6.30. The van der Waals surface area contributed by atoms with Gasteiger partial charge in [0.1, 0.15) is 5.75 Å². The van der Waals surface area contributed by atoms with Crippen molar-refractivity contribution >= 4 is 11.6 Å². The van der Waals surface area contributed by atoms with Crippen LogP contribution in [-0.4, -0.2) is 44.4 Å². The number of hydrogen-bond acceptors (Lipinski definition) is 3. The molecule has 0 N–H and O–H groups in total. The van der Waals surface area contributed by atoms with E-state index >= 15 is 0 Å². The first-order valence-electron chi connectivity index (χ1n) is 8.86. The molecule has 2 rings (SSSR count). The molecule has 1 heterocycles. The molecule has 4 heteroatoms. The Hall–Kier alpha value is -0.770. The first-order valence-corrected chi connectivity index (χ1v) is 9.24. The zero-order valence-corrected chi connectivity index (χ0v) is 15.2. The lowest BCUT2D eigenvalue weighted by atomic mass is 9.91. The number of benzene rings is 1. The molecule has 1 aromatic rings. The van der Waals surface area contributed by atoms with Crippen molar-refractivity contribution in [3.05, 3.63) is 29.3 Å². The summed E-state index contributed by atoms with van der Waals surface area (Å²) in [5.74, 6) is 1.44. The molecule has 0 unspecified atom stereocenters. The van der Waals surface area contributed by atoms with Gasteiger partial charge in [0.15, 0.2) is 0 Å². The fourth-order valence-electron chi connectivity index (χ4n) is 3.30. The average Bonchev–Trinajstić information content (AvgIpc) is 2.56. The third-order valence-corrected chi connectivity index (χ3v) is 4.95. The van der Waals surface area contributed by atoms with Gasteiger partial charge in [0.25, 0.3) is 0 Å². The second-order valence-corrected chi connectivity index (χ2v) is 6.86. The van der Waals surface area contributed by atoms with Crippen LogP contribution in [0, 0.1) is 5.92 Å². The predicted octanol–water partition coefficient (Wildman–Crippen LogP) is 4.64. The Bertz CT molecular complexity index is 455. The number of ether oxygens (including phenoxy) is 2. The highest BCUT2D eigenvalue weighted by atomic mass is 35.5. The first-order chi connectivity index (χ1) is 11.2. The number of piperidine rings is 1. The van der Waals surface area contributed by atoms with E-state index in [4.69, 9.17) is 21.1 Å². The molecule has 1 aliphatic heterocycles. The van der Waals surface area contributed by atoms with Crippen molar-refractivity contribution in [1.82, 2.24) is 4.90 Å². The smallest absolute Gasteiger partial charge is 0.120 e. The van der Waals surface area contributed by atoms with Gasteiger partial charge in [-0.25, -0.2) is 0 Å². The Kier molecular flexibility index (Phi) is 8.21. The highest BCUT2D eigenvalue weighted by Crippen LogP contribution is 2.24. The summed E-state index contributed by atoms with van der Waals surface area (Å²) in [4.78, 5) is 2.55. The summed E-state index contributed by atoms with van der Waals surface area (Å²) in [6.45, 7) is 6.43. The Balaban J connectivity index is 1.72. The molecule has 130 valence electrons. The maximum absolute atomic E-state index is 5.98. The number of hydrogen-bond donors (Lipinski definition) is 0. The van der Waals surface area contributed by atoms with Crippen molar-refractivity contribution in [2.75, 3.05) is 33.4 Å². The van der Waals surface area contributed by atoms with Crippen molar-refractivity contribution in [2.45, 2.75) is 45.1 Å². The third-order valence-electron chi connectivity index (χ3n) is 4.71. The van der Waals surface area contributed by atoms with Crippen LogP contribution in [-0.2, 0) is 4.74 Å². The van der Waals surface area contributed by atoms with Crippen molar-refractivity contribution in [3.8, 4) is 5.75 Å². The molecule has 2 atom stereocenters. The fourth-order valence-corrected chi connectivity index (χ4v) is 3.48. The minimum atomic E-state index is 0.327. The van der Waals surface area contributed by atoms with Crippen LogP contribution >= 0.6 is 11.6 Å². The van der Waals surface area contributed by atoms with E-state index in [-0.39, 0.29) is 0 Å². The minimum absolute atomic E-state index is 0.327. The number of likely N-dealkylation sites (tertiary alicyclic amines) is 1. The molecule has 1 aromatic carbocycles. The lowest BCUT2D eigenvalue weighted by molar-refractivity contribution is -0.0180. The van der Waals surface area contributed by atoms with Gasteiger partial charge in [0.05, 0.1) is 12.7 Å². The molecule has 0 aliphatic carbocycles. The number of halogens is 1. The molecule has 3 nitrogen and oxygen atoms in total. The Morgan fingerprint density at radius 3 is 2.91 bits per heavy atom. The molecule has 1 aliphatic rings. The standard InChI is InChI=1S/C19H30ClNO2/c1-3-4-5-11-21-12-9-16(19(15-21)22-2)10-13-23-18-8-6-7-17(20)14-18/h6-8,14,16,19H,3-5,9-13,15H2,1-2H3/t16-,19-/m1/s1. The van der Waals surface area contributed by atoms with Crippen LogP contribution < -0.4 is 4.74 Å². The molecular formula is C19H30ClNO2. The Labute approximate surface area is 145 Å². The second-order valence-electron chi connectivity index (χ2n) is 6.43. The maximum Gasteiger partial charge on any atom is 0.120 e. The first kappa shape index (κ1) is 18.6. The van der Waals surface area contributed by atoms with Crippen molar-refractivity contribution in [2.24, 2.45) is 5.92 Å². The largest absolute Gasteiger partial charge is 0.494 e. The topological polar surface area (TPSA) is 21.7 Å². The average molecular weight is 340 g/mol. The molecule has 1 saturated heterocycles. The zero-order valence-electron chi connectivity index (χ0n) is 14.5. The van der Waals surface area contributed by atoms with Crippen LogP contribution in [0.4, 0.5) is 0 Å². The van der Waals surface area contributed by atoms with Gasteiger partial charge >= 0.3 is 0 Å². The predicted molar refractivity (Wildman–Crippen MR) is 96.4 cm³/mol. The molecule has 0 amide bonds. The normalized spacial score (nSPS) is 22.2. The quantitative estimate of drug-likeness (QED) is 0.612. The highest BCUT2D eigenvalue weighted by Gasteiger charge is 2.28. The van der Waals surface area contributed by atoms with E-state index in [2.05, 4.69) is 11.8 Å². The van der Waals surface area contributed by atoms with E-state index in [0.29, 0.717) is 12.0 Å². The summed E-state index contributed by atoms with van der Waals surface area (Å²) in [5.41, 5.74) is 0. The molecule has 23 heavy (non-hydrogen) atoms. The van der Waals surface area contributed by atoms with Crippen LogP contribution in [0.2, 0.25) is 5.02 Å². The third kappa shape index (κ3) is 6.33. The van der Waals surface area contributed by atoms with Gasteiger partial charge in [-0.2, -0.15) is 0 Å². The van der Waals surface area contributed by atoms with Crippen molar-refractivity contribution in [1.29, 1.82) is 0 Å². The van der Waals surface area contributed by atoms with Gasteiger partial charge < -0.3 is 14.4 Å². The van der Waals surface area contributed by atoms with Gasteiger partial charge in [-0.3, -0.25) is 0 Å². The van der Waals surface area contributed by atoms with E-state index in [1.54, 1.807) is 0 Å². The lowest BCUT2D eigenvalue weighted by Gasteiger charge is -2.37. The van der Waals surface area contributed by atoms with Gasteiger partial charge in [-0.1, -0.05) is 37.4 Å². The van der Waals surface area contributed by atoms with E-state index in [0.717, 1.165) is 30.3 Å². The van der Waals surface area contributed by atoms with Gasteiger partial charge in [0, 0.05) is 18.7 Å². The number of unbranched alkanes of at least 4 members (excludes halogenated alkanes) is 2. The lowest BCUT2D eigenvalue weighted by Crippen LogP contribution is -2.45. The maximum atomic E-state index is 5.98. The summed E-state index contributed by atoms with van der Waals surface area (Å²) in [5, 5.41) is 0.720. The van der Waals surface area contributed by atoms with E-state index < -0.39 is 0 Å². The van der Waals surface area contributed by atoms with E-state index in [1.165, 1.54) is 38.8 Å². The molecule has 0 aromatic heterocycles. The molecule has 1 fully saturated rings. The molecule has 0 spiro atoms. The molecule has 0 bridgehead atoms. The SMILES string of the molecule is CCCCCN1CC[C@H](CCOc2cccc(Cl)c2)[C@H](OC)C1. The molecular weight excluding hydrogens is 310 g/mol. The van der Waals surface area contributed by atoms with E-state index in [1.807, 2.05) is 31.4 Å².